The molecule has 0 aliphatic carbocycles. The predicted octanol–water partition coefficient (Wildman–Crippen LogP) is 4.28. The second kappa shape index (κ2) is 8.13. The molecule has 30 heavy (non-hydrogen) atoms. The van der Waals surface area contributed by atoms with Gasteiger partial charge in [0.15, 0.2) is 11.3 Å². The van der Waals surface area contributed by atoms with E-state index in [0.717, 1.165) is 5.39 Å². The second-order valence-corrected chi connectivity index (χ2v) is 6.94. The zero-order valence-electron chi connectivity index (χ0n) is 15.6. The zero-order chi connectivity index (χ0) is 21.1. The van der Waals surface area contributed by atoms with E-state index in [9.17, 15) is 14.9 Å². The van der Waals surface area contributed by atoms with E-state index in [-0.39, 0.29) is 5.69 Å². The molecule has 0 fully saturated rings. The van der Waals surface area contributed by atoms with E-state index < -0.39 is 10.5 Å². The van der Waals surface area contributed by atoms with Crippen LogP contribution in [-0.4, -0.2) is 23.2 Å². The average Bonchev–Trinajstić information content (AvgIpc) is 3.21. The van der Waals surface area contributed by atoms with Crippen molar-refractivity contribution in [3.8, 4) is 17.0 Å². The summed E-state index contributed by atoms with van der Waals surface area (Å²) in [6.07, 6.45) is 1.45. The van der Waals surface area contributed by atoms with E-state index in [1.807, 2.05) is 12.1 Å². The fourth-order valence-corrected chi connectivity index (χ4v) is 3.45. The SMILES string of the molecule is COc1cccc2cc(-c3csc(N/N=C/c4cccc([N+](=O)[O-])c4)n3)c(=O)oc12. The Kier molecular flexibility index (Phi) is 5.22. The van der Waals surface area contributed by atoms with Gasteiger partial charge in [0, 0.05) is 28.5 Å². The van der Waals surface area contributed by atoms with Crippen molar-refractivity contribution in [2.75, 3.05) is 12.5 Å². The van der Waals surface area contributed by atoms with E-state index >= 15 is 0 Å². The van der Waals surface area contributed by atoms with Gasteiger partial charge in [-0.05, 0) is 12.1 Å². The number of benzene rings is 2. The monoisotopic (exact) mass is 422 g/mol. The Balaban J connectivity index is 1.56. The van der Waals surface area contributed by atoms with E-state index in [1.165, 1.54) is 36.8 Å². The van der Waals surface area contributed by atoms with Gasteiger partial charge in [-0.25, -0.2) is 9.78 Å². The lowest BCUT2D eigenvalue weighted by Crippen LogP contribution is -2.03. The maximum atomic E-state index is 12.4. The number of non-ortho nitro benzene ring substituents is 1. The lowest BCUT2D eigenvalue weighted by molar-refractivity contribution is -0.384. The van der Waals surface area contributed by atoms with Crippen LogP contribution in [0.1, 0.15) is 5.56 Å². The molecule has 0 aliphatic rings. The summed E-state index contributed by atoms with van der Waals surface area (Å²) < 4.78 is 10.7. The van der Waals surface area contributed by atoms with Gasteiger partial charge >= 0.3 is 5.63 Å². The first-order chi connectivity index (χ1) is 14.5. The van der Waals surface area contributed by atoms with E-state index in [1.54, 1.807) is 29.6 Å². The van der Waals surface area contributed by atoms with Gasteiger partial charge in [0.25, 0.3) is 5.69 Å². The first-order valence-corrected chi connectivity index (χ1v) is 9.53. The molecule has 0 aliphatic heterocycles. The van der Waals surface area contributed by atoms with Crippen LogP contribution in [0.5, 0.6) is 5.75 Å². The molecule has 2 heterocycles. The maximum absolute atomic E-state index is 12.4. The molecule has 10 heteroatoms. The zero-order valence-corrected chi connectivity index (χ0v) is 16.4. The number of nitrogens with one attached hydrogen (secondary N) is 1. The number of nitro benzene ring substituents is 1. The Labute approximate surface area is 173 Å². The van der Waals surface area contributed by atoms with E-state index in [4.69, 9.17) is 9.15 Å². The number of para-hydroxylation sites is 1. The van der Waals surface area contributed by atoms with Crippen LogP contribution in [-0.2, 0) is 0 Å². The molecule has 4 aromatic rings. The number of aromatic nitrogens is 1. The number of nitro groups is 1. The lowest BCUT2D eigenvalue weighted by atomic mass is 10.1. The highest BCUT2D eigenvalue weighted by Crippen LogP contribution is 2.29. The number of hydrogen-bond acceptors (Lipinski definition) is 9. The summed E-state index contributed by atoms with van der Waals surface area (Å²) >= 11 is 1.26. The first kappa shape index (κ1) is 19.3. The molecule has 0 bridgehead atoms. The quantitative estimate of drug-likeness (QED) is 0.213. The Hall–Kier alpha value is -4.05. The lowest BCUT2D eigenvalue weighted by Gasteiger charge is -2.04. The fraction of sp³-hybridized carbons (Fsp3) is 0.0500. The third-order valence-electron chi connectivity index (χ3n) is 4.18. The summed E-state index contributed by atoms with van der Waals surface area (Å²) in [7, 11) is 1.51. The highest BCUT2D eigenvalue weighted by atomic mass is 32.1. The Morgan fingerprint density at radius 1 is 1.27 bits per heavy atom. The van der Waals surface area contributed by atoms with Crippen molar-refractivity contribution in [3.63, 3.8) is 0 Å². The van der Waals surface area contributed by atoms with Gasteiger partial charge in [0.1, 0.15) is 0 Å². The summed E-state index contributed by atoms with van der Waals surface area (Å²) in [5, 5.41) is 17.8. The van der Waals surface area contributed by atoms with Gasteiger partial charge in [0.2, 0.25) is 5.13 Å². The number of hydrazone groups is 1. The fourth-order valence-electron chi connectivity index (χ4n) is 2.79. The summed E-state index contributed by atoms with van der Waals surface area (Å²) in [5.74, 6) is 0.479. The maximum Gasteiger partial charge on any atom is 0.345 e. The van der Waals surface area contributed by atoms with Crippen LogP contribution < -0.4 is 15.8 Å². The molecule has 2 aromatic carbocycles. The van der Waals surface area contributed by atoms with Crippen LogP contribution in [0.4, 0.5) is 10.8 Å². The molecular weight excluding hydrogens is 408 g/mol. The molecule has 150 valence electrons. The van der Waals surface area contributed by atoms with Crippen molar-refractivity contribution in [1.82, 2.24) is 4.98 Å². The van der Waals surface area contributed by atoms with Gasteiger partial charge in [-0.15, -0.1) is 11.3 Å². The first-order valence-electron chi connectivity index (χ1n) is 8.65. The Morgan fingerprint density at radius 2 is 2.10 bits per heavy atom. The van der Waals surface area contributed by atoms with Crippen LogP contribution in [0.25, 0.3) is 22.2 Å². The number of ether oxygens (including phenoxy) is 1. The number of methoxy groups -OCH3 is 1. The third kappa shape index (κ3) is 3.89. The minimum absolute atomic E-state index is 0.0184. The Morgan fingerprint density at radius 3 is 2.90 bits per heavy atom. The molecule has 4 rings (SSSR count). The van der Waals surface area contributed by atoms with Crippen LogP contribution in [0.3, 0.4) is 0 Å². The summed E-state index contributed by atoms with van der Waals surface area (Å²) in [6.45, 7) is 0. The smallest absolute Gasteiger partial charge is 0.345 e. The van der Waals surface area contributed by atoms with Crippen molar-refractivity contribution in [3.05, 3.63) is 80.0 Å². The van der Waals surface area contributed by atoms with Gasteiger partial charge < -0.3 is 9.15 Å². The highest BCUT2D eigenvalue weighted by Gasteiger charge is 2.13. The van der Waals surface area contributed by atoms with Gasteiger partial charge in [-0.1, -0.05) is 24.3 Å². The van der Waals surface area contributed by atoms with Gasteiger partial charge in [-0.2, -0.15) is 5.10 Å². The number of nitrogens with zero attached hydrogens (tertiary/aromatic N) is 3. The number of anilines is 1. The van der Waals surface area contributed by atoms with Crippen LogP contribution in [0.15, 0.2) is 68.2 Å². The molecule has 0 amide bonds. The summed E-state index contributed by atoms with van der Waals surface area (Å²) in [4.78, 5) is 27.2. The van der Waals surface area contributed by atoms with Crippen molar-refractivity contribution < 1.29 is 14.1 Å². The highest BCUT2D eigenvalue weighted by molar-refractivity contribution is 7.14. The van der Waals surface area contributed by atoms with Crippen LogP contribution in [0, 0.1) is 10.1 Å². The van der Waals surface area contributed by atoms with Gasteiger partial charge in [-0.3, -0.25) is 15.5 Å². The third-order valence-corrected chi connectivity index (χ3v) is 4.93. The largest absolute Gasteiger partial charge is 0.493 e. The van der Waals surface area contributed by atoms with Gasteiger partial charge in [0.05, 0.1) is 29.5 Å². The predicted molar refractivity (Wildman–Crippen MR) is 114 cm³/mol. The number of fused-ring (bicyclic) bond motifs is 1. The van der Waals surface area contributed by atoms with Crippen LogP contribution >= 0.6 is 11.3 Å². The number of hydrogen-bond donors (Lipinski definition) is 1. The average molecular weight is 422 g/mol. The van der Waals surface area contributed by atoms with E-state index in [2.05, 4.69) is 15.5 Å². The number of thiazole rings is 1. The molecule has 2 aromatic heterocycles. The van der Waals surface area contributed by atoms with E-state index in [0.29, 0.717) is 33.3 Å². The standard InChI is InChI=1S/C20H14N4O5S/c1-28-17-7-3-5-13-9-15(19(25)29-18(13)17)16-11-30-20(22-16)23-21-10-12-4-2-6-14(8-12)24(26)27/h2-11H,1H3,(H,22,23)/b21-10+. The number of rotatable bonds is 6. The molecule has 0 atom stereocenters. The van der Waals surface area contributed by atoms with Crippen LogP contribution in [0.2, 0.25) is 0 Å². The molecule has 0 unspecified atom stereocenters. The summed E-state index contributed by atoms with van der Waals surface area (Å²) in [6, 6.07) is 13.1. The molecule has 9 nitrogen and oxygen atoms in total. The van der Waals surface area contributed by atoms with Crippen molar-refractivity contribution in [2.24, 2.45) is 5.10 Å². The molecule has 0 saturated heterocycles. The minimum Gasteiger partial charge on any atom is -0.493 e. The topological polar surface area (TPSA) is 120 Å². The van der Waals surface area contributed by atoms with Crippen molar-refractivity contribution in [1.29, 1.82) is 0 Å². The minimum atomic E-state index is -0.524. The van der Waals surface area contributed by atoms with Crippen molar-refractivity contribution >= 4 is 39.3 Å². The normalized spacial score (nSPS) is 11.1. The second-order valence-electron chi connectivity index (χ2n) is 6.09. The van der Waals surface area contributed by atoms with Crippen molar-refractivity contribution in [2.45, 2.75) is 0 Å². The summed E-state index contributed by atoms with van der Waals surface area (Å²) in [5.41, 5.74) is 3.94. The molecule has 0 spiro atoms. The molecule has 1 N–H and O–H groups in total. The molecular formula is C20H14N4O5S. The molecule has 0 radical (unpaired) electrons. The molecule has 0 saturated carbocycles. The Bertz CT molecular complexity index is 1330.